The molecule has 1 N–H and O–H groups in total. The largest absolute Gasteiger partial charge is 0.321 e. The fourth-order valence-electron chi connectivity index (χ4n) is 2.20. The topological polar surface area (TPSA) is 59.8 Å². The molecule has 23 heavy (non-hydrogen) atoms. The molecule has 0 aliphatic rings. The molecule has 3 rings (SSSR count). The zero-order chi connectivity index (χ0) is 16.2. The summed E-state index contributed by atoms with van der Waals surface area (Å²) in [5, 5.41) is 11.2. The van der Waals surface area contributed by atoms with Gasteiger partial charge in [0.15, 0.2) is 5.69 Å². The summed E-state index contributed by atoms with van der Waals surface area (Å²) in [6.07, 6.45) is 1.46. The molecule has 0 bridgehead atoms. The van der Waals surface area contributed by atoms with E-state index < -0.39 is 0 Å². The van der Waals surface area contributed by atoms with E-state index in [9.17, 15) is 4.79 Å². The van der Waals surface area contributed by atoms with Gasteiger partial charge in [-0.3, -0.25) is 4.79 Å². The maximum absolute atomic E-state index is 12.3. The summed E-state index contributed by atoms with van der Waals surface area (Å²) in [7, 11) is 0. The Morgan fingerprint density at radius 1 is 1.04 bits per heavy atom. The number of aromatic nitrogens is 3. The smallest absolute Gasteiger partial charge is 0.277 e. The third kappa shape index (κ3) is 3.45. The van der Waals surface area contributed by atoms with E-state index in [-0.39, 0.29) is 11.6 Å². The Kier molecular flexibility index (Phi) is 4.19. The van der Waals surface area contributed by atoms with Crippen molar-refractivity contribution in [2.24, 2.45) is 0 Å². The van der Waals surface area contributed by atoms with E-state index in [4.69, 9.17) is 0 Å². The highest BCUT2D eigenvalue weighted by molar-refractivity contribution is 6.02. The van der Waals surface area contributed by atoms with Crippen LogP contribution in [-0.2, 0) is 0 Å². The molecule has 3 aromatic rings. The highest BCUT2D eigenvalue weighted by Crippen LogP contribution is 2.17. The molecule has 1 amide bonds. The Balaban J connectivity index is 1.72. The average molecular weight is 306 g/mol. The van der Waals surface area contributed by atoms with Crippen molar-refractivity contribution in [2.75, 3.05) is 5.32 Å². The van der Waals surface area contributed by atoms with Crippen LogP contribution in [0.4, 0.5) is 5.69 Å². The van der Waals surface area contributed by atoms with E-state index in [0.717, 1.165) is 11.4 Å². The Bertz CT molecular complexity index is 791. The van der Waals surface area contributed by atoms with Gasteiger partial charge in [-0.05, 0) is 35.7 Å². The SMILES string of the molecule is CC(C)c1ccc(NC(=O)c2cnn(-c3ccccc3)n2)cc1. The number of carbonyl (C=O) groups is 1. The average Bonchev–Trinajstić information content (AvgIpc) is 3.06. The minimum absolute atomic E-state index is 0.274. The van der Waals surface area contributed by atoms with Crippen LogP contribution in [0.3, 0.4) is 0 Å². The van der Waals surface area contributed by atoms with Crippen molar-refractivity contribution in [1.82, 2.24) is 15.0 Å². The van der Waals surface area contributed by atoms with E-state index >= 15 is 0 Å². The first-order valence-corrected chi connectivity index (χ1v) is 7.52. The molecule has 5 heteroatoms. The monoisotopic (exact) mass is 306 g/mol. The lowest BCUT2D eigenvalue weighted by Gasteiger charge is -2.07. The van der Waals surface area contributed by atoms with Crippen LogP contribution in [0.25, 0.3) is 5.69 Å². The fraction of sp³-hybridized carbons (Fsp3) is 0.167. The van der Waals surface area contributed by atoms with Gasteiger partial charge in [-0.1, -0.05) is 44.2 Å². The number of rotatable bonds is 4. The van der Waals surface area contributed by atoms with Gasteiger partial charge in [-0.2, -0.15) is 9.90 Å². The molecule has 0 unspecified atom stereocenters. The second kappa shape index (κ2) is 6.44. The maximum Gasteiger partial charge on any atom is 0.277 e. The second-order valence-corrected chi connectivity index (χ2v) is 5.59. The van der Waals surface area contributed by atoms with E-state index in [2.05, 4.69) is 29.4 Å². The molecule has 0 spiro atoms. The number of hydrogen-bond acceptors (Lipinski definition) is 3. The van der Waals surface area contributed by atoms with Gasteiger partial charge in [-0.15, -0.1) is 5.10 Å². The Hall–Kier alpha value is -2.95. The molecule has 0 saturated carbocycles. The Labute approximate surface area is 135 Å². The highest BCUT2D eigenvalue weighted by Gasteiger charge is 2.12. The van der Waals surface area contributed by atoms with Gasteiger partial charge in [0.1, 0.15) is 0 Å². The summed E-state index contributed by atoms with van der Waals surface area (Å²) in [5.41, 5.74) is 3.07. The van der Waals surface area contributed by atoms with Crippen LogP contribution >= 0.6 is 0 Å². The zero-order valence-electron chi connectivity index (χ0n) is 13.1. The molecule has 116 valence electrons. The molecule has 0 fully saturated rings. The van der Waals surface area contributed by atoms with Crippen molar-refractivity contribution in [2.45, 2.75) is 19.8 Å². The number of para-hydroxylation sites is 1. The van der Waals surface area contributed by atoms with E-state index in [0.29, 0.717) is 5.92 Å². The lowest BCUT2D eigenvalue weighted by molar-refractivity contribution is 0.102. The summed E-state index contributed by atoms with van der Waals surface area (Å²) >= 11 is 0. The second-order valence-electron chi connectivity index (χ2n) is 5.59. The van der Waals surface area contributed by atoms with Gasteiger partial charge in [0.2, 0.25) is 0 Å². The van der Waals surface area contributed by atoms with Gasteiger partial charge in [-0.25, -0.2) is 0 Å². The molecule has 0 radical (unpaired) electrons. The van der Waals surface area contributed by atoms with E-state index in [1.54, 1.807) is 0 Å². The van der Waals surface area contributed by atoms with Crippen molar-refractivity contribution in [1.29, 1.82) is 0 Å². The Morgan fingerprint density at radius 3 is 2.39 bits per heavy atom. The molecular weight excluding hydrogens is 288 g/mol. The predicted octanol–water partition coefficient (Wildman–Crippen LogP) is 3.64. The maximum atomic E-state index is 12.3. The molecule has 5 nitrogen and oxygen atoms in total. The summed E-state index contributed by atoms with van der Waals surface area (Å²) in [5.74, 6) is 0.190. The molecular formula is C18H18N4O. The number of nitrogens with zero attached hydrogens (tertiary/aromatic N) is 3. The van der Waals surface area contributed by atoms with E-state index in [1.165, 1.54) is 16.6 Å². The fourth-order valence-corrected chi connectivity index (χ4v) is 2.20. The van der Waals surface area contributed by atoms with Crippen LogP contribution < -0.4 is 5.32 Å². The van der Waals surface area contributed by atoms with Crippen molar-refractivity contribution in [3.8, 4) is 5.69 Å². The number of nitrogens with one attached hydrogen (secondary N) is 1. The molecule has 0 aliphatic carbocycles. The van der Waals surface area contributed by atoms with E-state index in [1.807, 2.05) is 54.6 Å². The third-order valence-electron chi connectivity index (χ3n) is 3.55. The molecule has 0 aliphatic heterocycles. The van der Waals surface area contributed by atoms with Gasteiger partial charge in [0, 0.05) is 5.69 Å². The zero-order valence-corrected chi connectivity index (χ0v) is 13.1. The number of hydrogen-bond donors (Lipinski definition) is 1. The highest BCUT2D eigenvalue weighted by atomic mass is 16.2. The number of carbonyl (C=O) groups excluding carboxylic acids is 1. The lowest BCUT2D eigenvalue weighted by Crippen LogP contribution is -2.13. The van der Waals surface area contributed by atoms with Crippen LogP contribution in [0.5, 0.6) is 0 Å². The quantitative estimate of drug-likeness (QED) is 0.800. The van der Waals surface area contributed by atoms with Gasteiger partial charge in [0.25, 0.3) is 5.91 Å². The Morgan fingerprint density at radius 2 is 1.74 bits per heavy atom. The molecule has 2 aromatic carbocycles. The first-order chi connectivity index (χ1) is 11.1. The van der Waals surface area contributed by atoms with Crippen LogP contribution in [-0.4, -0.2) is 20.9 Å². The van der Waals surface area contributed by atoms with Crippen molar-refractivity contribution in [3.05, 3.63) is 72.1 Å². The minimum atomic E-state index is -0.274. The lowest BCUT2D eigenvalue weighted by atomic mass is 10.0. The first-order valence-electron chi connectivity index (χ1n) is 7.52. The van der Waals surface area contributed by atoms with Crippen molar-refractivity contribution >= 4 is 11.6 Å². The summed E-state index contributed by atoms with van der Waals surface area (Å²) in [4.78, 5) is 13.7. The van der Waals surface area contributed by atoms with Crippen LogP contribution in [0.2, 0.25) is 0 Å². The van der Waals surface area contributed by atoms with Crippen LogP contribution in [0, 0.1) is 0 Å². The normalized spacial score (nSPS) is 10.7. The van der Waals surface area contributed by atoms with Gasteiger partial charge < -0.3 is 5.32 Å². The molecule has 0 saturated heterocycles. The van der Waals surface area contributed by atoms with Crippen molar-refractivity contribution < 1.29 is 4.79 Å². The molecule has 1 aromatic heterocycles. The van der Waals surface area contributed by atoms with Crippen LogP contribution in [0.15, 0.2) is 60.8 Å². The summed E-state index contributed by atoms with van der Waals surface area (Å²) in [6, 6.07) is 17.3. The van der Waals surface area contributed by atoms with Gasteiger partial charge >= 0.3 is 0 Å². The van der Waals surface area contributed by atoms with Crippen molar-refractivity contribution in [3.63, 3.8) is 0 Å². The third-order valence-corrected chi connectivity index (χ3v) is 3.55. The number of benzene rings is 2. The molecule has 0 atom stereocenters. The summed E-state index contributed by atoms with van der Waals surface area (Å²) in [6.45, 7) is 4.27. The van der Waals surface area contributed by atoms with Crippen LogP contribution in [0.1, 0.15) is 35.8 Å². The predicted molar refractivity (Wildman–Crippen MR) is 89.8 cm³/mol. The molecule has 1 heterocycles. The number of amides is 1. The van der Waals surface area contributed by atoms with Gasteiger partial charge in [0.05, 0.1) is 11.9 Å². The first kappa shape index (κ1) is 15.0. The standard InChI is InChI=1S/C18H18N4O/c1-13(2)14-8-10-15(11-9-14)20-18(23)17-12-19-22(21-17)16-6-4-3-5-7-16/h3-13H,1-2H3,(H,20,23). The minimum Gasteiger partial charge on any atom is -0.321 e. The summed E-state index contributed by atoms with van der Waals surface area (Å²) < 4.78 is 0. The number of anilines is 1.